The van der Waals surface area contributed by atoms with Gasteiger partial charge in [-0.05, 0) is 17.5 Å². The van der Waals surface area contributed by atoms with Crippen LogP contribution in [0.1, 0.15) is 47.6 Å². The minimum Gasteiger partial charge on any atom is -0.351 e. The van der Waals surface area contributed by atoms with Crippen molar-refractivity contribution in [2.75, 3.05) is 19.6 Å². The van der Waals surface area contributed by atoms with Gasteiger partial charge in [0.15, 0.2) is 0 Å². The minimum atomic E-state index is -0.116. The van der Waals surface area contributed by atoms with Gasteiger partial charge in [0.05, 0.1) is 11.7 Å². The Balaban J connectivity index is 0.00000192. The average Bonchev–Trinajstić information content (AvgIpc) is 3.05. The first-order valence-corrected chi connectivity index (χ1v) is 7.55. The van der Waals surface area contributed by atoms with Crippen molar-refractivity contribution in [1.82, 2.24) is 20.4 Å². The number of hydrogen-bond donors (Lipinski definition) is 1. The summed E-state index contributed by atoms with van der Waals surface area (Å²) in [6, 6.07) is 5.58. The predicted octanol–water partition coefficient (Wildman–Crippen LogP) is 2.40. The molecule has 1 N–H and O–H groups in total. The van der Waals surface area contributed by atoms with E-state index in [0.717, 1.165) is 17.8 Å². The van der Waals surface area contributed by atoms with E-state index in [-0.39, 0.29) is 30.3 Å². The summed E-state index contributed by atoms with van der Waals surface area (Å²) < 4.78 is 5.25. The number of pyridine rings is 1. The molecule has 1 aliphatic rings. The lowest BCUT2D eigenvalue weighted by Gasteiger charge is -2.35. The van der Waals surface area contributed by atoms with E-state index in [0.29, 0.717) is 18.8 Å². The summed E-state index contributed by atoms with van der Waals surface area (Å²) in [7, 11) is 0. The van der Waals surface area contributed by atoms with E-state index in [1.165, 1.54) is 0 Å². The Hall–Kier alpha value is -1.92. The molecule has 1 fully saturated rings. The minimum absolute atomic E-state index is 0. The molecule has 0 bridgehead atoms. The molecule has 1 amide bonds. The van der Waals surface area contributed by atoms with Crippen molar-refractivity contribution in [3.8, 4) is 0 Å². The van der Waals surface area contributed by atoms with E-state index in [9.17, 15) is 4.79 Å². The van der Waals surface area contributed by atoms with Gasteiger partial charge in [-0.1, -0.05) is 25.1 Å². The van der Waals surface area contributed by atoms with Crippen LogP contribution in [0.2, 0.25) is 0 Å². The predicted molar refractivity (Wildman–Crippen MR) is 88.7 cm³/mol. The van der Waals surface area contributed by atoms with Crippen LogP contribution in [-0.4, -0.2) is 40.6 Å². The van der Waals surface area contributed by atoms with Crippen LogP contribution in [-0.2, 0) is 0 Å². The Morgan fingerprint density at radius 2 is 2.30 bits per heavy atom. The summed E-state index contributed by atoms with van der Waals surface area (Å²) in [5.74, 6) is 0.427. The fourth-order valence-corrected chi connectivity index (χ4v) is 2.62. The molecule has 124 valence electrons. The van der Waals surface area contributed by atoms with Gasteiger partial charge in [-0.25, -0.2) is 0 Å². The van der Waals surface area contributed by atoms with E-state index in [2.05, 4.69) is 15.5 Å². The summed E-state index contributed by atoms with van der Waals surface area (Å²) >= 11 is 0. The first-order valence-electron chi connectivity index (χ1n) is 7.55. The third-order valence-corrected chi connectivity index (χ3v) is 3.90. The second-order valence-corrected chi connectivity index (χ2v) is 5.78. The normalized spacial score (nSPS) is 17.9. The van der Waals surface area contributed by atoms with Gasteiger partial charge in [0, 0.05) is 38.1 Å². The first kappa shape index (κ1) is 17.4. The highest BCUT2D eigenvalue weighted by molar-refractivity contribution is 5.92. The summed E-state index contributed by atoms with van der Waals surface area (Å²) in [6.45, 7) is 6.16. The van der Waals surface area contributed by atoms with E-state index in [4.69, 9.17) is 4.52 Å². The van der Waals surface area contributed by atoms with Crippen LogP contribution in [0.4, 0.5) is 0 Å². The third-order valence-electron chi connectivity index (χ3n) is 3.90. The molecule has 3 heterocycles. The molecule has 23 heavy (non-hydrogen) atoms. The standard InChI is InChI=1S/C16H20N4O2.ClH/c1-11(2)13-8-15(22-19-13)16(21)20-7-6-18-10-14(20)12-4-3-5-17-9-12;/h3-5,8-9,11,14,18H,6-7,10H2,1-2H3;1H. The molecule has 6 nitrogen and oxygen atoms in total. The van der Waals surface area contributed by atoms with Crippen LogP contribution in [0, 0.1) is 0 Å². The van der Waals surface area contributed by atoms with Gasteiger partial charge in [0.25, 0.3) is 5.91 Å². The van der Waals surface area contributed by atoms with Gasteiger partial charge in [0.2, 0.25) is 5.76 Å². The number of piperazine rings is 1. The Kier molecular flexibility index (Phi) is 5.74. The molecule has 7 heteroatoms. The molecule has 1 atom stereocenters. The SMILES string of the molecule is CC(C)c1cc(C(=O)N2CCNCC2c2cccnc2)on1.Cl. The van der Waals surface area contributed by atoms with Crippen LogP contribution in [0.5, 0.6) is 0 Å². The lowest BCUT2D eigenvalue weighted by Crippen LogP contribution is -2.48. The number of hydrogen-bond acceptors (Lipinski definition) is 5. The monoisotopic (exact) mass is 336 g/mol. The molecule has 0 spiro atoms. The molecular formula is C16H21ClN4O2. The highest BCUT2D eigenvalue weighted by Gasteiger charge is 2.31. The molecule has 1 saturated heterocycles. The molecule has 0 saturated carbocycles. The molecule has 3 rings (SSSR count). The Bertz CT molecular complexity index is 645. The topological polar surface area (TPSA) is 71.3 Å². The Labute approximate surface area is 141 Å². The summed E-state index contributed by atoms with van der Waals surface area (Å²) in [6.07, 6.45) is 3.54. The summed E-state index contributed by atoms with van der Waals surface area (Å²) in [4.78, 5) is 18.7. The van der Waals surface area contributed by atoms with Gasteiger partial charge in [0.1, 0.15) is 0 Å². The fraction of sp³-hybridized carbons (Fsp3) is 0.438. The van der Waals surface area contributed by atoms with E-state index in [1.54, 1.807) is 18.5 Å². The van der Waals surface area contributed by atoms with Gasteiger partial charge >= 0.3 is 0 Å². The van der Waals surface area contributed by atoms with E-state index < -0.39 is 0 Å². The smallest absolute Gasteiger partial charge is 0.293 e. The zero-order chi connectivity index (χ0) is 15.5. The maximum absolute atomic E-state index is 12.8. The van der Waals surface area contributed by atoms with Crippen molar-refractivity contribution in [3.05, 3.63) is 47.6 Å². The number of halogens is 1. The fourth-order valence-electron chi connectivity index (χ4n) is 2.62. The molecule has 1 aliphatic heterocycles. The second-order valence-electron chi connectivity index (χ2n) is 5.78. The van der Waals surface area contributed by atoms with Crippen molar-refractivity contribution in [3.63, 3.8) is 0 Å². The van der Waals surface area contributed by atoms with Crippen molar-refractivity contribution in [2.45, 2.75) is 25.8 Å². The number of carbonyl (C=O) groups is 1. The highest BCUT2D eigenvalue weighted by Crippen LogP contribution is 2.24. The van der Waals surface area contributed by atoms with Crippen LogP contribution in [0.3, 0.4) is 0 Å². The Morgan fingerprint density at radius 1 is 1.48 bits per heavy atom. The van der Waals surface area contributed by atoms with Crippen molar-refractivity contribution < 1.29 is 9.32 Å². The van der Waals surface area contributed by atoms with E-state index >= 15 is 0 Å². The maximum atomic E-state index is 12.8. The largest absolute Gasteiger partial charge is 0.351 e. The van der Waals surface area contributed by atoms with Crippen LogP contribution in [0.15, 0.2) is 35.1 Å². The number of nitrogens with zero attached hydrogens (tertiary/aromatic N) is 3. The van der Waals surface area contributed by atoms with Gasteiger partial charge in [-0.2, -0.15) is 0 Å². The van der Waals surface area contributed by atoms with Crippen LogP contribution < -0.4 is 5.32 Å². The number of amides is 1. The first-order chi connectivity index (χ1) is 10.7. The molecule has 2 aromatic heterocycles. The maximum Gasteiger partial charge on any atom is 0.293 e. The number of rotatable bonds is 3. The third kappa shape index (κ3) is 3.71. The number of carbonyl (C=O) groups excluding carboxylic acids is 1. The van der Waals surface area contributed by atoms with Gasteiger partial charge < -0.3 is 14.7 Å². The molecule has 0 radical (unpaired) electrons. The highest BCUT2D eigenvalue weighted by atomic mass is 35.5. The Morgan fingerprint density at radius 3 is 2.96 bits per heavy atom. The number of nitrogens with one attached hydrogen (secondary N) is 1. The quantitative estimate of drug-likeness (QED) is 0.932. The molecule has 1 unspecified atom stereocenters. The van der Waals surface area contributed by atoms with Gasteiger partial charge in [-0.3, -0.25) is 9.78 Å². The van der Waals surface area contributed by atoms with Crippen molar-refractivity contribution >= 4 is 18.3 Å². The second kappa shape index (κ2) is 7.57. The van der Waals surface area contributed by atoms with Crippen LogP contribution in [0.25, 0.3) is 0 Å². The summed E-state index contributed by atoms with van der Waals surface area (Å²) in [5, 5.41) is 7.30. The lowest BCUT2D eigenvalue weighted by molar-refractivity contribution is 0.0591. The van der Waals surface area contributed by atoms with Crippen molar-refractivity contribution in [1.29, 1.82) is 0 Å². The number of aromatic nitrogens is 2. The lowest BCUT2D eigenvalue weighted by atomic mass is 10.0. The molecule has 2 aromatic rings. The van der Waals surface area contributed by atoms with Crippen LogP contribution >= 0.6 is 12.4 Å². The van der Waals surface area contributed by atoms with Gasteiger partial charge in [-0.15, -0.1) is 12.4 Å². The van der Waals surface area contributed by atoms with Crippen molar-refractivity contribution in [2.24, 2.45) is 0 Å². The zero-order valence-corrected chi connectivity index (χ0v) is 14.0. The molecular weight excluding hydrogens is 316 g/mol. The average molecular weight is 337 g/mol. The molecule has 0 aliphatic carbocycles. The molecule has 0 aromatic carbocycles. The summed E-state index contributed by atoms with van der Waals surface area (Å²) in [5.41, 5.74) is 1.82. The zero-order valence-electron chi connectivity index (χ0n) is 13.2. The van der Waals surface area contributed by atoms with E-state index in [1.807, 2.05) is 30.9 Å².